The fourth-order valence-corrected chi connectivity index (χ4v) is 5.00. The number of hydrogen-bond donors (Lipinski definition) is 1. The standard InChI is InChI=1S/C42H80O17/c1-2-3-4-5-6-7-8-9-10-14-41(45)58-38-36-56-34-32-54-30-28-52-26-24-50-22-20-48-18-16-47-17-19-49-21-23-51-25-27-53-29-31-55-33-35-57-37-39-59-42(46)15-12-11-13-40(43)44/h2-39H2,1H3,(H,43,44). The highest BCUT2D eigenvalue weighted by Gasteiger charge is 2.05. The van der Waals surface area contributed by atoms with Gasteiger partial charge in [-0.15, -0.1) is 0 Å². The molecular weight excluding hydrogens is 776 g/mol. The Labute approximate surface area is 353 Å². The summed E-state index contributed by atoms with van der Waals surface area (Å²) in [6.07, 6.45) is 12.7. The Morgan fingerprint density at radius 1 is 0.288 bits per heavy atom. The third kappa shape index (κ3) is 52.0. The Morgan fingerprint density at radius 3 is 0.746 bits per heavy atom. The smallest absolute Gasteiger partial charge is 0.305 e. The Hall–Kier alpha value is -2.03. The first kappa shape index (κ1) is 57.0. The van der Waals surface area contributed by atoms with Crippen LogP contribution in [-0.2, 0) is 76.0 Å². The number of carboxylic acid groups (broad SMARTS) is 1. The number of unbranched alkanes of at least 4 members (excludes halogenated alkanes) is 9. The van der Waals surface area contributed by atoms with E-state index in [1.807, 2.05) is 0 Å². The zero-order chi connectivity index (χ0) is 42.8. The van der Waals surface area contributed by atoms with Gasteiger partial charge in [-0.3, -0.25) is 14.4 Å². The lowest BCUT2D eigenvalue weighted by molar-refractivity contribution is -0.146. The van der Waals surface area contributed by atoms with E-state index in [2.05, 4.69) is 6.92 Å². The number of rotatable bonds is 51. The van der Waals surface area contributed by atoms with Crippen LogP contribution >= 0.6 is 0 Å². The third-order valence-corrected chi connectivity index (χ3v) is 8.21. The second kappa shape index (κ2) is 50.3. The largest absolute Gasteiger partial charge is 0.481 e. The van der Waals surface area contributed by atoms with Crippen molar-refractivity contribution in [1.29, 1.82) is 0 Å². The number of ether oxygens (including phenoxy) is 13. The fourth-order valence-electron chi connectivity index (χ4n) is 5.00. The summed E-state index contributed by atoms with van der Waals surface area (Å²) in [4.78, 5) is 33.7. The zero-order valence-corrected chi connectivity index (χ0v) is 36.3. The summed E-state index contributed by atoms with van der Waals surface area (Å²) < 4.78 is 70.3. The maximum Gasteiger partial charge on any atom is 0.305 e. The van der Waals surface area contributed by atoms with Crippen molar-refractivity contribution in [3.63, 3.8) is 0 Å². The van der Waals surface area contributed by atoms with Gasteiger partial charge in [-0.25, -0.2) is 0 Å². The number of hydrogen-bond acceptors (Lipinski definition) is 16. The van der Waals surface area contributed by atoms with E-state index < -0.39 is 5.97 Å². The number of carbonyl (C=O) groups excluding carboxylic acids is 2. The molecule has 0 unspecified atom stereocenters. The highest BCUT2D eigenvalue weighted by molar-refractivity contribution is 5.70. The van der Waals surface area contributed by atoms with E-state index in [9.17, 15) is 14.4 Å². The molecule has 0 fully saturated rings. The van der Waals surface area contributed by atoms with Gasteiger partial charge in [-0.1, -0.05) is 58.3 Å². The molecule has 0 saturated heterocycles. The van der Waals surface area contributed by atoms with Crippen LogP contribution in [0.3, 0.4) is 0 Å². The maximum atomic E-state index is 11.8. The van der Waals surface area contributed by atoms with E-state index in [1.54, 1.807) is 0 Å². The van der Waals surface area contributed by atoms with Crippen LogP contribution in [0.25, 0.3) is 0 Å². The van der Waals surface area contributed by atoms with Gasteiger partial charge in [0.25, 0.3) is 0 Å². The molecule has 0 saturated carbocycles. The quantitative estimate of drug-likeness (QED) is 0.0646. The van der Waals surface area contributed by atoms with E-state index in [1.165, 1.54) is 44.9 Å². The molecule has 0 aromatic rings. The van der Waals surface area contributed by atoms with Crippen molar-refractivity contribution < 1.29 is 81.1 Å². The molecule has 0 atom stereocenters. The molecule has 0 aliphatic rings. The van der Waals surface area contributed by atoms with Gasteiger partial charge in [-0.2, -0.15) is 0 Å². The summed E-state index contributed by atoms with van der Waals surface area (Å²) in [6, 6.07) is 0. The first-order chi connectivity index (χ1) is 29.1. The van der Waals surface area contributed by atoms with Gasteiger partial charge in [0.15, 0.2) is 0 Å². The molecule has 0 aliphatic carbocycles. The number of carbonyl (C=O) groups is 3. The Balaban J connectivity index is 3.14. The van der Waals surface area contributed by atoms with E-state index in [0.717, 1.165) is 12.8 Å². The van der Waals surface area contributed by atoms with Crippen molar-refractivity contribution in [3.05, 3.63) is 0 Å². The average molecular weight is 857 g/mol. The molecule has 0 aromatic heterocycles. The van der Waals surface area contributed by atoms with Crippen molar-refractivity contribution in [3.8, 4) is 0 Å². The van der Waals surface area contributed by atoms with Crippen molar-refractivity contribution in [1.82, 2.24) is 0 Å². The van der Waals surface area contributed by atoms with Gasteiger partial charge in [-0.05, 0) is 19.3 Å². The maximum absolute atomic E-state index is 11.8. The molecule has 0 rings (SSSR count). The lowest BCUT2D eigenvalue weighted by Gasteiger charge is -2.09. The van der Waals surface area contributed by atoms with Crippen LogP contribution in [0.5, 0.6) is 0 Å². The van der Waals surface area contributed by atoms with Crippen molar-refractivity contribution >= 4 is 17.9 Å². The molecule has 0 aliphatic heterocycles. The Morgan fingerprint density at radius 2 is 0.492 bits per heavy atom. The van der Waals surface area contributed by atoms with Gasteiger partial charge in [0, 0.05) is 19.3 Å². The summed E-state index contributed by atoms with van der Waals surface area (Å²) >= 11 is 0. The highest BCUT2D eigenvalue weighted by Crippen LogP contribution is 2.11. The monoisotopic (exact) mass is 857 g/mol. The molecule has 0 aromatic carbocycles. The summed E-state index contributed by atoms with van der Waals surface area (Å²) in [5.74, 6) is -1.36. The molecular formula is C42H80O17. The minimum Gasteiger partial charge on any atom is -0.481 e. The molecule has 0 spiro atoms. The van der Waals surface area contributed by atoms with E-state index in [0.29, 0.717) is 158 Å². The molecule has 0 bridgehead atoms. The Kier molecular flexibility index (Phi) is 48.6. The summed E-state index contributed by atoms with van der Waals surface area (Å²) in [5, 5.41) is 8.56. The minimum absolute atomic E-state index is 0.0567. The van der Waals surface area contributed by atoms with Crippen molar-refractivity contribution in [2.75, 3.05) is 159 Å². The second-order valence-electron chi connectivity index (χ2n) is 13.4. The fraction of sp³-hybridized carbons (Fsp3) is 0.929. The summed E-state index contributed by atoms with van der Waals surface area (Å²) in [6.45, 7) is 12.5. The predicted octanol–water partition coefficient (Wildman–Crippen LogP) is 4.82. The average Bonchev–Trinajstić information content (AvgIpc) is 3.22. The Bertz CT molecular complexity index is 882. The van der Waals surface area contributed by atoms with E-state index >= 15 is 0 Å². The van der Waals surface area contributed by atoms with Gasteiger partial charge in [0.2, 0.25) is 0 Å². The van der Waals surface area contributed by atoms with Gasteiger partial charge in [0.05, 0.1) is 145 Å². The molecule has 350 valence electrons. The lowest BCUT2D eigenvalue weighted by atomic mass is 10.1. The second-order valence-corrected chi connectivity index (χ2v) is 13.4. The zero-order valence-electron chi connectivity index (χ0n) is 36.3. The molecule has 0 heterocycles. The van der Waals surface area contributed by atoms with Crippen LogP contribution in [-0.4, -0.2) is 182 Å². The molecule has 1 N–H and O–H groups in total. The molecule has 17 heteroatoms. The summed E-state index contributed by atoms with van der Waals surface area (Å²) in [7, 11) is 0. The normalized spacial score (nSPS) is 11.3. The first-order valence-corrected chi connectivity index (χ1v) is 21.9. The van der Waals surface area contributed by atoms with Gasteiger partial charge >= 0.3 is 17.9 Å². The van der Waals surface area contributed by atoms with Crippen LogP contribution in [0.1, 0.15) is 96.8 Å². The van der Waals surface area contributed by atoms with Crippen LogP contribution < -0.4 is 0 Å². The predicted molar refractivity (Wildman–Crippen MR) is 219 cm³/mol. The third-order valence-electron chi connectivity index (χ3n) is 8.21. The molecule has 0 radical (unpaired) electrons. The lowest BCUT2D eigenvalue weighted by Crippen LogP contribution is -2.16. The van der Waals surface area contributed by atoms with Crippen LogP contribution in [0, 0.1) is 0 Å². The van der Waals surface area contributed by atoms with E-state index in [-0.39, 0.29) is 44.6 Å². The number of esters is 2. The van der Waals surface area contributed by atoms with E-state index in [4.69, 9.17) is 66.7 Å². The molecule has 0 amide bonds. The SMILES string of the molecule is CCCCCCCCCCCC(=O)OCCOCCOCCOCCOCCOCCOCCOCCOCCOCCOCCOCCOC(=O)CCCCC(=O)O. The summed E-state index contributed by atoms with van der Waals surface area (Å²) in [5.41, 5.74) is 0. The molecule has 59 heavy (non-hydrogen) atoms. The topological polar surface area (TPSA) is 191 Å². The van der Waals surface area contributed by atoms with Crippen molar-refractivity contribution in [2.45, 2.75) is 96.8 Å². The van der Waals surface area contributed by atoms with Gasteiger partial charge in [0.1, 0.15) is 13.2 Å². The number of aliphatic carboxylic acids is 1. The van der Waals surface area contributed by atoms with Crippen LogP contribution in [0.4, 0.5) is 0 Å². The highest BCUT2D eigenvalue weighted by atomic mass is 16.6. The van der Waals surface area contributed by atoms with Gasteiger partial charge < -0.3 is 66.7 Å². The molecule has 17 nitrogen and oxygen atoms in total. The van der Waals surface area contributed by atoms with Crippen LogP contribution in [0.2, 0.25) is 0 Å². The first-order valence-electron chi connectivity index (χ1n) is 21.9. The van der Waals surface area contributed by atoms with Crippen molar-refractivity contribution in [2.24, 2.45) is 0 Å². The van der Waals surface area contributed by atoms with Crippen LogP contribution in [0.15, 0.2) is 0 Å². The minimum atomic E-state index is -0.865. The number of carboxylic acids is 1.